The quantitative estimate of drug-likeness (QED) is 0.426. The molecule has 4 fully saturated rings. The number of halogens is 1. The predicted octanol–water partition coefficient (Wildman–Crippen LogP) is 8.58. The van der Waals surface area contributed by atoms with Crippen molar-refractivity contribution < 1.29 is 4.79 Å². The Morgan fingerprint density at radius 3 is 2.57 bits per heavy atom. The van der Waals surface area contributed by atoms with Crippen LogP contribution in [0.3, 0.4) is 0 Å². The summed E-state index contributed by atoms with van der Waals surface area (Å²) in [6.07, 6.45) is 14.0. The third-order valence-electron chi connectivity index (χ3n) is 11.1. The van der Waals surface area contributed by atoms with Gasteiger partial charge in [-0.1, -0.05) is 52.6 Å². The van der Waals surface area contributed by atoms with Crippen LogP contribution in [0.15, 0.2) is 24.4 Å². The van der Waals surface area contributed by atoms with Crippen molar-refractivity contribution in [1.82, 2.24) is 9.78 Å². The van der Waals surface area contributed by atoms with Gasteiger partial charge in [-0.25, -0.2) is 0 Å². The van der Waals surface area contributed by atoms with Gasteiger partial charge in [-0.3, -0.25) is 9.48 Å². The zero-order valence-electron chi connectivity index (χ0n) is 22.5. The highest BCUT2D eigenvalue weighted by molar-refractivity contribution is 6.31. The van der Waals surface area contributed by atoms with Gasteiger partial charge in [0.05, 0.1) is 12.1 Å². The fraction of sp³-hybridized carbons (Fsp3) is 0.742. The highest BCUT2D eigenvalue weighted by Crippen LogP contribution is 2.67. The summed E-state index contributed by atoms with van der Waals surface area (Å²) in [6.45, 7) is 12.0. The molecule has 1 aromatic heterocycles. The number of carbonyl (C=O) groups is 1. The van der Waals surface area contributed by atoms with E-state index in [2.05, 4.69) is 25.9 Å². The highest BCUT2D eigenvalue weighted by Gasteiger charge is 2.60. The fourth-order valence-electron chi connectivity index (χ4n) is 9.40. The maximum atomic E-state index is 13.6. The molecule has 0 amide bonds. The molecule has 192 valence electrons. The van der Waals surface area contributed by atoms with E-state index in [-0.39, 0.29) is 11.3 Å². The van der Waals surface area contributed by atoms with Crippen LogP contribution in [0.1, 0.15) is 92.4 Å². The summed E-state index contributed by atoms with van der Waals surface area (Å²) in [4.78, 5) is 13.6. The zero-order valence-corrected chi connectivity index (χ0v) is 23.3. The fourth-order valence-corrected chi connectivity index (χ4v) is 9.58. The van der Waals surface area contributed by atoms with Crippen molar-refractivity contribution in [2.45, 2.75) is 99.0 Å². The van der Waals surface area contributed by atoms with E-state index >= 15 is 0 Å². The Labute approximate surface area is 217 Å². The van der Waals surface area contributed by atoms with Crippen molar-refractivity contribution in [2.75, 3.05) is 0 Å². The highest BCUT2D eigenvalue weighted by atomic mass is 35.5. The monoisotopic (exact) mass is 496 g/mol. The van der Waals surface area contributed by atoms with Crippen LogP contribution in [0.5, 0.6) is 0 Å². The number of aromatic nitrogens is 2. The van der Waals surface area contributed by atoms with Crippen LogP contribution in [0.2, 0.25) is 5.02 Å². The standard InChI is InChI=1S/C29H39ClN2O.C2H6/c1-18-10-12-28(2)20(14-18)4-6-22-23-7-8-25(29(23,3)13-11-24(22)28)27(33)17-32-16-19-15-21(30)5-9-26(19)31-32;1-2/h5,9,15-16,18,20,22-25H,4,6-8,10-14,17H2,1-3H3;1-2H3/t18?,20?,22?,23?,24?,25-,28?,29?;/m1./s1. The second-order valence-corrected chi connectivity index (χ2v) is 13.1. The molecule has 0 bridgehead atoms. The molecule has 0 aliphatic heterocycles. The first-order valence-electron chi connectivity index (χ1n) is 14.4. The molecule has 4 aliphatic rings. The molecule has 0 N–H and O–H groups in total. The summed E-state index contributed by atoms with van der Waals surface area (Å²) < 4.78 is 1.85. The zero-order chi connectivity index (χ0) is 25.0. The number of carbonyl (C=O) groups excluding carboxylic acids is 1. The van der Waals surface area contributed by atoms with Gasteiger partial charge < -0.3 is 0 Å². The number of benzene rings is 1. The molecule has 2 aromatic rings. The molecule has 4 heteroatoms. The molecule has 6 rings (SSSR count). The molecule has 4 aliphatic carbocycles. The first-order chi connectivity index (χ1) is 16.8. The van der Waals surface area contributed by atoms with Gasteiger partial charge in [0, 0.05) is 22.5 Å². The van der Waals surface area contributed by atoms with Gasteiger partial charge >= 0.3 is 0 Å². The molecule has 4 saturated carbocycles. The van der Waals surface area contributed by atoms with Crippen LogP contribution in [0.25, 0.3) is 10.9 Å². The van der Waals surface area contributed by atoms with Gasteiger partial charge in [0.15, 0.2) is 5.78 Å². The van der Waals surface area contributed by atoms with Crippen LogP contribution in [-0.2, 0) is 11.3 Å². The van der Waals surface area contributed by atoms with Gasteiger partial charge in [-0.05, 0) is 110 Å². The minimum absolute atomic E-state index is 0.180. The van der Waals surface area contributed by atoms with E-state index in [1.54, 1.807) is 0 Å². The Bertz CT molecular complexity index is 1080. The topological polar surface area (TPSA) is 34.9 Å². The number of nitrogens with zero attached hydrogens (tertiary/aromatic N) is 2. The average molecular weight is 497 g/mol. The summed E-state index contributed by atoms with van der Waals surface area (Å²) in [5.74, 6) is 4.89. The lowest BCUT2D eigenvalue weighted by molar-refractivity contribution is -0.137. The SMILES string of the molecule is CC.CC1CCC2(C)C(CCC3C2CCC2(C)C3CC[C@@H]2C(=O)Cn2cc3cc(Cl)ccc3n2)C1. The smallest absolute Gasteiger partial charge is 0.157 e. The van der Waals surface area contributed by atoms with E-state index in [4.69, 9.17) is 11.6 Å². The maximum absolute atomic E-state index is 13.6. The van der Waals surface area contributed by atoms with E-state index in [0.29, 0.717) is 22.8 Å². The molecule has 0 spiro atoms. The van der Waals surface area contributed by atoms with Crippen LogP contribution in [-0.4, -0.2) is 15.6 Å². The Kier molecular flexibility index (Phi) is 6.87. The first kappa shape index (κ1) is 25.3. The minimum Gasteiger partial charge on any atom is -0.297 e. The van der Waals surface area contributed by atoms with Crippen LogP contribution in [0.4, 0.5) is 0 Å². The van der Waals surface area contributed by atoms with Crippen LogP contribution in [0, 0.1) is 46.3 Å². The van der Waals surface area contributed by atoms with Gasteiger partial charge in [0.2, 0.25) is 0 Å². The average Bonchev–Trinajstić information content (AvgIpc) is 3.40. The van der Waals surface area contributed by atoms with Crippen LogP contribution < -0.4 is 0 Å². The number of rotatable bonds is 3. The largest absolute Gasteiger partial charge is 0.297 e. The van der Waals surface area contributed by atoms with Gasteiger partial charge in [-0.15, -0.1) is 0 Å². The Morgan fingerprint density at radius 2 is 1.77 bits per heavy atom. The number of hydrogen-bond acceptors (Lipinski definition) is 2. The summed E-state index contributed by atoms with van der Waals surface area (Å²) >= 11 is 6.14. The Hall–Kier alpha value is -1.35. The van der Waals surface area contributed by atoms with Crippen molar-refractivity contribution in [3.8, 4) is 0 Å². The van der Waals surface area contributed by atoms with Gasteiger partial charge in [0.1, 0.15) is 0 Å². The summed E-state index contributed by atoms with van der Waals surface area (Å²) in [5.41, 5.74) is 1.64. The summed E-state index contributed by atoms with van der Waals surface area (Å²) in [6, 6.07) is 5.74. The summed E-state index contributed by atoms with van der Waals surface area (Å²) in [7, 11) is 0. The molecule has 1 heterocycles. The maximum Gasteiger partial charge on any atom is 0.157 e. The molecule has 7 unspecified atom stereocenters. The van der Waals surface area contributed by atoms with Crippen molar-refractivity contribution >= 4 is 28.3 Å². The minimum atomic E-state index is 0.180. The molecule has 35 heavy (non-hydrogen) atoms. The molecular weight excluding hydrogens is 452 g/mol. The first-order valence-corrected chi connectivity index (χ1v) is 14.8. The second-order valence-electron chi connectivity index (χ2n) is 12.7. The molecule has 0 saturated heterocycles. The number of Topliss-reactive ketones (excluding diaryl/α,β-unsaturated/α-hetero) is 1. The predicted molar refractivity (Wildman–Crippen MR) is 145 cm³/mol. The van der Waals surface area contributed by atoms with Crippen LogP contribution >= 0.6 is 11.6 Å². The van der Waals surface area contributed by atoms with Crippen molar-refractivity contribution in [3.63, 3.8) is 0 Å². The van der Waals surface area contributed by atoms with Gasteiger partial charge in [0.25, 0.3) is 0 Å². The second kappa shape index (κ2) is 9.51. The number of ketones is 1. The lowest BCUT2D eigenvalue weighted by Gasteiger charge is -2.61. The lowest BCUT2D eigenvalue weighted by Crippen LogP contribution is -2.53. The Morgan fingerprint density at radius 1 is 1.03 bits per heavy atom. The number of fused-ring (bicyclic) bond motifs is 6. The van der Waals surface area contributed by atoms with E-state index < -0.39 is 0 Å². The molecule has 8 atom stereocenters. The van der Waals surface area contributed by atoms with Crippen molar-refractivity contribution in [1.29, 1.82) is 0 Å². The Balaban J connectivity index is 0.00000124. The lowest BCUT2D eigenvalue weighted by atomic mass is 9.44. The third kappa shape index (κ3) is 4.18. The van der Waals surface area contributed by atoms with E-state index in [0.717, 1.165) is 46.9 Å². The van der Waals surface area contributed by atoms with E-state index in [1.807, 2.05) is 42.9 Å². The molecule has 1 aromatic carbocycles. The summed E-state index contributed by atoms with van der Waals surface area (Å²) in [5, 5.41) is 6.38. The molecule has 3 nitrogen and oxygen atoms in total. The van der Waals surface area contributed by atoms with Gasteiger partial charge in [-0.2, -0.15) is 5.10 Å². The van der Waals surface area contributed by atoms with Crippen molar-refractivity contribution in [2.24, 2.45) is 46.3 Å². The molecule has 0 radical (unpaired) electrons. The van der Waals surface area contributed by atoms with E-state index in [9.17, 15) is 4.79 Å². The van der Waals surface area contributed by atoms with Crippen molar-refractivity contribution in [3.05, 3.63) is 29.4 Å². The normalized spacial score (nSPS) is 40.3. The van der Waals surface area contributed by atoms with E-state index in [1.165, 1.54) is 51.4 Å². The number of hydrogen-bond donors (Lipinski definition) is 0. The molecular formula is C31H45ClN2O. The third-order valence-corrected chi connectivity index (χ3v) is 11.4.